The number of nitrogens with zero attached hydrogens (tertiary/aromatic N) is 4. The van der Waals surface area contributed by atoms with Gasteiger partial charge in [0.05, 0.1) is 0 Å². The second-order valence-corrected chi connectivity index (χ2v) is 3.42. The number of primary amides is 1. The van der Waals surface area contributed by atoms with Gasteiger partial charge in [-0.1, -0.05) is 30.3 Å². The van der Waals surface area contributed by atoms with Crippen LogP contribution in [0.15, 0.2) is 30.3 Å². The first-order chi connectivity index (χ1) is 8.65. The summed E-state index contributed by atoms with van der Waals surface area (Å²) in [6, 6.07) is 8.29. The number of hydrogen-bond acceptors (Lipinski definition) is 5. The van der Waals surface area contributed by atoms with Crippen molar-refractivity contribution in [2.24, 2.45) is 5.73 Å². The molecule has 0 aliphatic heterocycles. The van der Waals surface area contributed by atoms with Gasteiger partial charge in [-0.2, -0.15) is 4.80 Å². The smallest absolute Gasteiger partial charge is 0.318 e. The van der Waals surface area contributed by atoms with Gasteiger partial charge in [-0.15, -0.1) is 10.2 Å². The minimum atomic E-state index is -0.914. The fraction of sp³-hybridized carbons (Fsp3) is 0.100. The van der Waals surface area contributed by atoms with Crippen molar-refractivity contribution in [3.63, 3.8) is 0 Å². The Kier molecular flexibility index (Phi) is 3.28. The number of imide groups is 1. The molecule has 0 saturated carbocycles. The lowest BCUT2D eigenvalue weighted by molar-refractivity contribution is -0.120. The largest absolute Gasteiger partial charge is 0.351 e. The van der Waals surface area contributed by atoms with Crippen LogP contribution in [0.3, 0.4) is 0 Å². The molecule has 3 amide bonds. The fourth-order valence-corrected chi connectivity index (χ4v) is 1.32. The number of benzene rings is 1. The first-order valence-corrected chi connectivity index (χ1v) is 5.07. The van der Waals surface area contributed by atoms with Gasteiger partial charge >= 0.3 is 6.03 Å². The van der Waals surface area contributed by atoms with E-state index in [0.29, 0.717) is 5.82 Å². The van der Waals surface area contributed by atoms with Crippen LogP contribution in [0.25, 0.3) is 11.4 Å². The molecule has 0 fully saturated rings. The normalized spacial score (nSPS) is 10.0. The highest BCUT2D eigenvalue weighted by molar-refractivity contribution is 5.93. The number of nitrogens with two attached hydrogens (primary N) is 1. The fourth-order valence-electron chi connectivity index (χ4n) is 1.32. The molecule has 1 heterocycles. The van der Waals surface area contributed by atoms with Crippen LogP contribution in [0.4, 0.5) is 4.79 Å². The summed E-state index contributed by atoms with van der Waals surface area (Å²) in [6.45, 7) is -0.219. The summed E-state index contributed by atoms with van der Waals surface area (Å²) in [4.78, 5) is 22.8. The van der Waals surface area contributed by atoms with Crippen LogP contribution in [0.1, 0.15) is 0 Å². The number of tetrazole rings is 1. The zero-order chi connectivity index (χ0) is 13.0. The second kappa shape index (κ2) is 5.04. The van der Waals surface area contributed by atoms with Gasteiger partial charge in [-0.3, -0.25) is 10.1 Å². The van der Waals surface area contributed by atoms with Gasteiger partial charge in [0, 0.05) is 5.56 Å². The summed E-state index contributed by atoms with van der Waals surface area (Å²) in [5.74, 6) is -0.193. The van der Waals surface area contributed by atoms with E-state index in [1.54, 1.807) is 0 Å². The van der Waals surface area contributed by atoms with Gasteiger partial charge < -0.3 is 5.73 Å². The van der Waals surface area contributed by atoms with Gasteiger partial charge in [0.15, 0.2) is 0 Å². The third-order valence-electron chi connectivity index (χ3n) is 2.03. The van der Waals surface area contributed by atoms with E-state index in [-0.39, 0.29) is 6.54 Å². The Morgan fingerprint density at radius 1 is 1.28 bits per heavy atom. The molecule has 0 atom stereocenters. The number of carbonyl (C=O) groups excluding carboxylic acids is 2. The molecule has 8 heteroatoms. The summed E-state index contributed by atoms with van der Waals surface area (Å²) in [6.07, 6.45) is 0. The molecule has 0 aliphatic carbocycles. The van der Waals surface area contributed by atoms with E-state index in [1.165, 1.54) is 0 Å². The molecule has 0 spiro atoms. The predicted molar refractivity (Wildman–Crippen MR) is 61.0 cm³/mol. The molecule has 0 aliphatic rings. The van der Waals surface area contributed by atoms with E-state index in [0.717, 1.165) is 10.4 Å². The SMILES string of the molecule is NC(=O)NC(=O)Cn1nnc(-c2ccccc2)n1. The van der Waals surface area contributed by atoms with Crippen LogP contribution in [0, 0.1) is 0 Å². The molecule has 0 radical (unpaired) electrons. The van der Waals surface area contributed by atoms with Gasteiger partial charge in [-0.25, -0.2) is 4.79 Å². The Labute approximate surface area is 102 Å². The van der Waals surface area contributed by atoms with E-state index in [9.17, 15) is 9.59 Å². The van der Waals surface area contributed by atoms with Crippen LogP contribution >= 0.6 is 0 Å². The molecule has 0 saturated heterocycles. The second-order valence-electron chi connectivity index (χ2n) is 3.42. The minimum Gasteiger partial charge on any atom is -0.351 e. The van der Waals surface area contributed by atoms with Crippen LogP contribution in [-0.2, 0) is 11.3 Å². The number of carbonyl (C=O) groups is 2. The predicted octanol–water partition coefficient (Wildman–Crippen LogP) is -0.465. The molecule has 1 aromatic heterocycles. The van der Waals surface area contributed by atoms with Crippen molar-refractivity contribution in [3.05, 3.63) is 30.3 Å². The van der Waals surface area contributed by atoms with Crippen molar-refractivity contribution < 1.29 is 9.59 Å². The number of aromatic nitrogens is 4. The first kappa shape index (κ1) is 11.7. The topological polar surface area (TPSA) is 116 Å². The molecule has 0 bridgehead atoms. The van der Waals surface area contributed by atoms with Gasteiger partial charge in [0.2, 0.25) is 5.82 Å². The first-order valence-electron chi connectivity index (χ1n) is 5.07. The highest BCUT2D eigenvalue weighted by Gasteiger charge is 2.09. The monoisotopic (exact) mass is 246 g/mol. The van der Waals surface area contributed by atoms with Crippen molar-refractivity contribution in [1.82, 2.24) is 25.5 Å². The third kappa shape index (κ3) is 2.88. The van der Waals surface area contributed by atoms with E-state index < -0.39 is 11.9 Å². The van der Waals surface area contributed by atoms with Crippen molar-refractivity contribution >= 4 is 11.9 Å². The van der Waals surface area contributed by atoms with Crippen LogP contribution in [-0.4, -0.2) is 32.1 Å². The number of hydrogen-bond donors (Lipinski definition) is 2. The number of rotatable bonds is 3. The van der Waals surface area contributed by atoms with E-state index in [1.807, 2.05) is 35.6 Å². The summed E-state index contributed by atoms with van der Waals surface area (Å²) >= 11 is 0. The standard InChI is InChI=1S/C10H10N6O2/c11-10(18)12-8(17)6-16-14-9(13-15-16)7-4-2-1-3-5-7/h1-5H,6H2,(H3,11,12,17,18). The number of urea groups is 1. The van der Waals surface area contributed by atoms with Gasteiger partial charge in [0.25, 0.3) is 5.91 Å². The molecule has 1 aromatic carbocycles. The molecular weight excluding hydrogens is 236 g/mol. The maximum Gasteiger partial charge on any atom is 0.318 e. The average Bonchev–Trinajstić information content (AvgIpc) is 2.77. The lowest BCUT2D eigenvalue weighted by atomic mass is 10.2. The molecule has 2 rings (SSSR count). The van der Waals surface area contributed by atoms with E-state index in [2.05, 4.69) is 15.4 Å². The summed E-state index contributed by atoms with van der Waals surface area (Å²) in [5, 5.41) is 13.4. The Balaban J connectivity index is 2.07. The Hall–Kier alpha value is -2.77. The average molecular weight is 246 g/mol. The summed E-state index contributed by atoms with van der Waals surface area (Å²) in [7, 11) is 0. The zero-order valence-electron chi connectivity index (χ0n) is 9.28. The molecule has 0 unspecified atom stereocenters. The molecule has 18 heavy (non-hydrogen) atoms. The van der Waals surface area contributed by atoms with Crippen LogP contribution in [0.2, 0.25) is 0 Å². The number of amides is 3. The maximum atomic E-state index is 11.2. The lowest BCUT2D eigenvalue weighted by Crippen LogP contribution is -2.37. The van der Waals surface area contributed by atoms with Gasteiger partial charge in [0.1, 0.15) is 6.54 Å². The quantitative estimate of drug-likeness (QED) is 0.759. The zero-order valence-corrected chi connectivity index (χ0v) is 9.28. The Morgan fingerprint density at radius 2 is 2.00 bits per heavy atom. The molecule has 8 nitrogen and oxygen atoms in total. The van der Waals surface area contributed by atoms with E-state index in [4.69, 9.17) is 5.73 Å². The van der Waals surface area contributed by atoms with Gasteiger partial charge in [-0.05, 0) is 5.21 Å². The molecular formula is C10H10N6O2. The van der Waals surface area contributed by atoms with E-state index >= 15 is 0 Å². The molecule has 2 aromatic rings. The minimum absolute atomic E-state index is 0.219. The lowest BCUT2D eigenvalue weighted by Gasteiger charge is -1.98. The maximum absolute atomic E-state index is 11.2. The molecule has 92 valence electrons. The number of nitrogens with one attached hydrogen (secondary N) is 1. The molecule has 3 N–H and O–H groups in total. The van der Waals surface area contributed by atoms with Crippen LogP contribution < -0.4 is 11.1 Å². The van der Waals surface area contributed by atoms with Crippen molar-refractivity contribution in [2.45, 2.75) is 6.54 Å². The highest BCUT2D eigenvalue weighted by Crippen LogP contribution is 2.11. The summed E-state index contributed by atoms with van der Waals surface area (Å²) in [5.41, 5.74) is 5.60. The Bertz CT molecular complexity index is 565. The highest BCUT2D eigenvalue weighted by atomic mass is 16.2. The van der Waals surface area contributed by atoms with Crippen molar-refractivity contribution in [3.8, 4) is 11.4 Å². The van der Waals surface area contributed by atoms with Crippen LogP contribution in [0.5, 0.6) is 0 Å². The third-order valence-corrected chi connectivity index (χ3v) is 2.03. The van der Waals surface area contributed by atoms with Crippen molar-refractivity contribution in [2.75, 3.05) is 0 Å². The van der Waals surface area contributed by atoms with Crippen molar-refractivity contribution in [1.29, 1.82) is 0 Å². The summed E-state index contributed by atoms with van der Waals surface area (Å²) < 4.78 is 0. The Morgan fingerprint density at radius 3 is 2.67 bits per heavy atom.